The molecule has 0 unspecified atom stereocenters. The number of rotatable bonds is 6. The first kappa shape index (κ1) is 21.8. The molecule has 28 heavy (non-hydrogen) atoms. The topological polar surface area (TPSA) is 84.0 Å². The lowest BCUT2D eigenvalue weighted by atomic mass is 10.2. The molecule has 0 N–H and O–H groups in total. The number of esters is 1. The first-order valence-electron chi connectivity index (χ1n) is 9.07. The fraction of sp³-hybridized carbons (Fsp3) is 0.400. The molecule has 2 rings (SSSR count). The third kappa shape index (κ3) is 5.53. The number of carbonyl (C=O) groups is 2. The Morgan fingerprint density at radius 2 is 1.79 bits per heavy atom. The van der Waals surface area contributed by atoms with Gasteiger partial charge >= 0.3 is 5.97 Å². The van der Waals surface area contributed by atoms with E-state index in [9.17, 15) is 18.0 Å². The maximum absolute atomic E-state index is 12.9. The van der Waals surface area contributed by atoms with Crippen LogP contribution in [0.15, 0.2) is 47.4 Å². The number of ether oxygens (including phenoxy) is 1. The minimum Gasteiger partial charge on any atom is -0.452 e. The van der Waals surface area contributed by atoms with Crippen molar-refractivity contribution in [2.75, 3.05) is 32.8 Å². The van der Waals surface area contributed by atoms with Crippen LogP contribution in [-0.2, 0) is 24.3 Å². The lowest BCUT2D eigenvalue weighted by molar-refractivity contribution is -0.148. The minimum atomic E-state index is -3.61. The monoisotopic (exact) mass is 406 g/mol. The summed E-state index contributed by atoms with van der Waals surface area (Å²) >= 11 is 0. The van der Waals surface area contributed by atoms with E-state index in [1.54, 1.807) is 31.2 Å². The Morgan fingerprint density at radius 1 is 1.11 bits per heavy atom. The van der Waals surface area contributed by atoms with E-state index < -0.39 is 16.0 Å². The van der Waals surface area contributed by atoms with Gasteiger partial charge in [0.2, 0.25) is 10.0 Å². The number of piperazine rings is 1. The van der Waals surface area contributed by atoms with Gasteiger partial charge in [0.05, 0.1) is 4.90 Å². The van der Waals surface area contributed by atoms with Crippen LogP contribution in [0, 0.1) is 13.8 Å². The fourth-order valence-electron chi connectivity index (χ4n) is 2.82. The molecule has 0 atom stereocenters. The number of sulfonamides is 1. The van der Waals surface area contributed by atoms with Gasteiger partial charge in [-0.05, 0) is 38.0 Å². The number of hydrogen-bond donors (Lipinski definition) is 0. The highest BCUT2D eigenvalue weighted by Gasteiger charge is 2.31. The summed E-state index contributed by atoms with van der Waals surface area (Å²) in [6, 6.07) is 5.34. The molecule has 1 aromatic rings. The third-order valence-corrected chi connectivity index (χ3v) is 6.47. The summed E-state index contributed by atoms with van der Waals surface area (Å²) in [6.07, 6.45) is 6.21. The lowest BCUT2D eigenvalue weighted by Gasteiger charge is -2.34. The summed E-state index contributed by atoms with van der Waals surface area (Å²) in [4.78, 5) is 25.5. The number of hydrogen-bond acceptors (Lipinski definition) is 5. The van der Waals surface area contributed by atoms with Gasteiger partial charge in [-0.3, -0.25) is 4.79 Å². The number of nitrogens with zero attached hydrogens (tertiary/aromatic N) is 2. The van der Waals surface area contributed by atoms with E-state index in [-0.39, 0.29) is 38.7 Å². The number of aryl methyl sites for hydroxylation is 2. The van der Waals surface area contributed by atoms with E-state index in [2.05, 4.69) is 0 Å². The molecule has 0 radical (unpaired) electrons. The van der Waals surface area contributed by atoms with Crippen molar-refractivity contribution in [3.8, 4) is 0 Å². The minimum absolute atomic E-state index is 0.205. The quantitative estimate of drug-likeness (QED) is 0.409. The summed E-state index contributed by atoms with van der Waals surface area (Å²) in [7, 11) is -3.61. The highest BCUT2D eigenvalue weighted by molar-refractivity contribution is 7.89. The molecular formula is C20H26N2O5S. The van der Waals surface area contributed by atoms with Gasteiger partial charge in [0.25, 0.3) is 5.91 Å². The average molecular weight is 407 g/mol. The molecule has 8 heteroatoms. The number of carbonyl (C=O) groups excluding carboxylic acids is 2. The van der Waals surface area contributed by atoms with E-state index in [1.165, 1.54) is 21.4 Å². The third-order valence-electron chi connectivity index (χ3n) is 4.43. The van der Waals surface area contributed by atoms with E-state index in [4.69, 9.17) is 4.74 Å². The standard InChI is InChI=1S/C20H26N2O5S/c1-4-5-6-7-20(24)27-15-19(23)21-10-12-22(13-11-21)28(25,26)18-14-16(2)8-9-17(18)3/h4-9,14H,10-13,15H2,1-3H3/b5-4+,7-6+. The normalized spacial score (nSPS) is 16.0. The van der Waals surface area contributed by atoms with Gasteiger partial charge in [-0.1, -0.05) is 30.4 Å². The maximum atomic E-state index is 12.9. The Bertz CT molecular complexity index is 882. The van der Waals surface area contributed by atoms with Gasteiger partial charge in [-0.25, -0.2) is 13.2 Å². The molecule has 0 saturated carbocycles. The summed E-state index contributed by atoms with van der Waals surface area (Å²) in [6.45, 7) is 6.01. The second kappa shape index (κ2) is 9.66. The Hall–Kier alpha value is -2.45. The molecule has 0 spiro atoms. The van der Waals surface area contributed by atoms with Crippen molar-refractivity contribution >= 4 is 21.9 Å². The number of allylic oxidation sites excluding steroid dienone is 3. The highest BCUT2D eigenvalue weighted by atomic mass is 32.2. The first-order chi connectivity index (χ1) is 13.3. The summed E-state index contributed by atoms with van der Waals surface area (Å²) in [5.74, 6) is -0.931. The molecular weight excluding hydrogens is 380 g/mol. The van der Waals surface area contributed by atoms with Crippen molar-refractivity contribution < 1.29 is 22.7 Å². The summed E-state index contributed by atoms with van der Waals surface area (Å²) in [5.41, 5.74) is 1.57. The molecule has 0 aromatic heterocycles. The van der Waals surface area contributed by atoms with Crippen molar-refractivity contribution in [1.82, 2.24) is 9.21 Å². The molecule has 1 amide bonds. The molecule has 7 nitrogen and oxygen atoms in total. The van der Waals surface area contributed by atoms with Crippen molar-refractivity contribution in [2.24, 2.45) is 0 Å². The largest absolute Gasteiger partial charge is 0.452 e. The number of benzene rings is 1. The van der Waals surface area contributed by atoms with E-state index >= 15 is 0 Å². The Labute approximate surface area is 166 Å². The molecule has 1 aliphatic rings. The van der Waals surface area contributed by atoms with Gasteiger partial charge < -0.3 is 9.64 Å². The van der Waals surface area contributed by atoms with Crippen molar-refractivity contribution in [3.05, 3.63) is 53.6 Å². The second-order valence-electron chi connectivity index (χ2n) is 6.55. The molecule has 1 saturated heterocycles. The molecule has 1 fully saturated rings. The van der Waals surface area contributed by atoms with Crippen LogP contribution in [0.4, 0.5) is 0 Å². The average Bonchev–Trinajstić information content (AvgIpc) is 2.68. The zero-order valence-electron chi connectivity index (χ0n) is 16.4. The van der Waals surface area contributed by atoms with Gasteiger partial charge in [0.15, 0.2) is 6.61 Å². The lowest BCUT2D eigenvalue weighted by Crippen LogP contribution is -2.51. The summed E-state index contributed by atoms with van der Waals surface area (Å²) in [5, 5.41) is 0. The fourth-order valence-corrected chi connectivity index (χ4v) is 4.55. The Balaban J connectivity index is 1.92. The second-order valence-corrected chi connectivity index (χ2v) is 8.45. The maximum Gasteiger partial charge on any atom is 0.331 e. The number of amides is 1. The highest BCUT2D eigenvalue weighted by Crippen LogP contribution is 2.22. The van der Waals surface area contributed by atoms with Crippen LogP contribution < -0.4 is 0 Å². The van der Waals surface area contributed by atoms with Crippen LogP contribution in [0.2, 0.25) is 0 Å². The zero-order valence-corrected chi connectivity index (χ0v) is 17.2. The van der Waals surface area contributed by atoms with Crippen LogP contribution in [0.3, 0.4) is 0 Å². The summed E-state index contributed by atoms with van der Waals surface area (Å²) < 4.78 is 32.1. The van der Waals surface area contributed by atoms with Crippen molar-refractivity contribution in [2.45, 2.75) is 25.7 Å². The van der Waals surface area contributed by atoms with Crippen molar-refractivity contribution in [3.63, 3.8) is 0 Å². The van der Waals surface area contributed by atoms with Crippen molar-refractivity contribution in [1.29, 1.82) is 0 Å². The molecule has 0 bridgehead atoms. The smallest absolute Gasteiger partial charge is 0.331 e. The molecule has 1 aliphatic heterocycles. The van der Waals surface area contributed by atoms with Crippen LogP contribution in [-0.4, -0.2) is 62.3 Å². The van der Waals surface area contributed by atoms with Gasteiger partial charge in [-0.15, -0.1) is 0 Å². The van der Waals surface area contributed by atoms with Gasteiger partial charge in [-0.2, -0.15) is 4.31 Å². The molecule has 152 valence electrons. The van der Waals surface area contributed by atoms with Gasteiger partial charge in [0.1, 0.15) is 0 Å². The Morgan fingerprint density at radius 3 is 2.43 bits per heavy atom. The van der Waals surface area contributed by atoms with E-state index in [0.717, 1.165) is 5.56 Å². The molecule has 1 heterocycles. The zero-order chi connectivity index (χ0) is 20.7. The predicted molar refractivity (Wildman–Crippen MR) is 106 cm³/mol. The van der Waals surface area contributed by atoms with Crippen LogP contribution in [0.1, 0.15) is 18.1 Å². The van der Waals surface area contributed by atoms with Crippen LogP contribution in [0.5, 0.6) is 0 Å². The van der Waals surface area contributed by atoms with Gasteiger partial charge in [0, 0.05) is 32.3 Å². The van der Waals surface area contributed by atoms with E-state index in [0.29, 0.717) is 10.5 Å². The van der Waals surface area contributed by atoms with Crippen LogP contribution >= 0.6 is 0 Å². The SMILES string of the molecule is C/C=C/C=C/C(=O)OCC(=O)N1CCN(S(=O)(=O)c2cc(C)ccc2C)CC1. The van der Waals surface area contributed by atoms with E-state index in [1.807, 2.05) is 19.9 Å². The molecule has 1 aromatic carbocycles. The predicted octanol–water partition coefficient (Wildman–Crippen LogP) is 1.81. The Kier molecular flexibility index (Phi) is 7.53. The molecule has 0 aliphatic carbocycles. The first-order valence-corrected chi connectivity index (χ1v) is 10.5. The van der Waals surface area contributed by atoms with Crippen LogP contribution in [0.25, 0.3) is 0 Å².